The van der Waals surface area contributed by atoms with E-state index in [1.54, 1.807) is 18.2 Å². The van der Waals surface area contributed by atoms with Crippen molar-refractivity contribution in [2.24, 2.45) is 0 Å². The number of carboxylic acid groups (broad SMARTS) is 1. The van der Waals surface area contributed by atoms with Crippen LogP contribution in [0.25, 0.3) is 22.6 Å². The summed E-state index contributed by atoms with van der Waals surface area (Å²) in [5.41, 5.74) is 0.501. The van der Waals surface area contributed by atoms with E-state index in [9.17, 15) is 19.1 Å². The van der Waals surface area contributed by atoms with Gasteiger partial charge >= 0.3 is 5.97 Å². The number of nitrogens with one attached hydrogen (secondary N) is 1. The third-order valence-corrected chi connectivity index (χ3v) is 3.43. The number of aromatic nitrogens is 2. The van der Waals surface area contributed by atoms with Crippen molar-refractivity contribution in [2.75, 3.05) is 6.54 Å². The van der Waals surface area contributed by atoms with E-state index >= 15 is 0 Å². The van der Waals surface area contributed by atoms with Crippen LogP contribution in [0.1, 0.15) is 10.5 Å². The molecule has 0 radical (unpaired) electrons. The minimum atomic E-state index is -1.23. The van der Waals surface area contributed by atoms with Crippen LogP contribution in [0.3, 0.4) is 0 Å². The number of pyridine rings is 1. The topological polar surface area (TPSA) is 126 Å². The van der Waals surface area contributed by atoms with Crippen molar-refractivity contribution in [3.8, 4) is 28.3 Å². The predicted octanol–water partition coefficient (Wildman–Crippen LogP) is 2.06. The monoisotopic (exact) mass is 357 g/mol. The van der Waals surface area contributed by atoms with Crippen molar-refractivity contribution < 1.29 is 28.7 Å². The highest BCUT2D eigenvalue weighted by Gasteiger charge is 2.17. The number of aromatic hydroxyl groups is 1. The highest BCUT2D eigenvalue weighted by atomic mass is 19.1. The van der Waals surface area contributed by atoms with Gasteiger partial charge in [0.25, 0.3) is 5.91 Å². The van der Waals surface area contributed by atoms with Crippen LogP contribution in [-0.4, -0.2) is 38.8 Å². The molecule has 0 unspecified atom stereocenters. The van der Waals surface area contributed by atoms with E-state index in [-0.39, 0.29) is 22.7 Å². The third kappa shape index (κ3) is 3.51. The summed E-state index contributed by atoms with van der Waals surface area (Å²) < 4.78 is 19.0. The Balaban J connectivity index is 1.85. The Kier molecular flexibility index (Phi) is 4.61. The van der Waals surface area contributed by atoms with Crippen LogP contribution in [0.4, 0.5) is 4.39 Å². The summed E-state index contributed by atoms with van der Waals surface area (Å²) >= 11 is 0. The van der Waals surface area contributed by atoms with Crippen LogP contribution in [-0.2, 0) is 4.79 Å². The molecule has 132 valence electrons. The molecule has 0 aliphatic heterocycles. The van der Waals surface area contributed by atoms with Gasteiger partial charge in [-0.05, 0) is 18.2 Å². The van der Waals surface area contributed by atoms with Gasteiger partial charge in [0.05, 0.1) is 0 Å². The highest BCUT2D eigenvalue weighted by molar-refractivity contribution is 5.96. The number of aliphatic carboxylic acids is 1. The maximum absolute atomic E-state index is 13.8. The second-order valence-electron chi connectivity index (χ2n) is 5.22. The van der Waals surface area contributed by atoms with Gasteiger partial charge in [-0.2, -0.15) is 0 Å². The molecular formula is C17H12FN3O5. The summed E-state index contributed by atoms with van der Waals surface area (Å²) in [5.74, 6) is -2.77. The Morgan fingerprint density at radius 3 is 2.69 bits per heavy atom. The van der Waals surface area contributed by atoms with Crippen molar-refractivity contribution >= 4 is 11.9 Å². The Bertz CT molecular complexity index is 986. The number of hydrogen-bond donors (Lipinski definition) is 3. The Hall–Kier alpha value is -3.75. The molecule has 2 aromatic heterocycles. The van der Waals surface area contributed by atoms with Gasteiger partial charge in [-0.1, -0.05) is 17.3 Å². The number of halogens is 1. The normalized spacial score (nSPS) is 10.5. The van der Waals surface area contributed by atoms with E-state index < -0.39 is 30.0 Å². The summed E-state index contributed by atoms with van der Waals surface area (Å²) in [6.07, 6.45) is 1.25. The molecule has 8 nitrogen and oxygen atoms in total. The minimum absolute atomic E-state index is 0.212. The molecular weight excluding hydrogens is 345 g/mol. The molecule has 0 bridgehead atoms. The molecule has 0 aliphatic carbocycles. The van der Waals surface area contributed by atoms with Crippen LogP contribution in [0, 0.1) is 5.82 Å². The second-order valence-corrected chi connectivity index (χ2v) is 5.22. The number of amides is 1. The quantitative estimate of drug-likeness (QED) is 0.638. The largest absolute Gasteiger partial charge is 0.505 e. The first kappa shape index (κ1) is 17.1. The molecule has 0 saturated heterocycles. The van der Waals surface area contributed by atoms with Gasteiger partial charge < -0.3 is 20.1 Å². The van der Waals surface area contributed by atoms with E-state index in [0.717, 1.165) is 0 Å². The molecule has 3 N–H and O–H groups in total. The molecule has 0 saturated carbocycles. The number of nitrogens with zero attached hydrogens (tertiary/aromatic N) is 2. The van der Waals surface area contributed by atoms with Gasteiger partial charge in [-0.25, -0.2) is 9.37 Å². The van der Waals surface area contributed by atoms with Crippen molar-refractivity contribution in [2.45, 2.75) is 0 Å². The lowest BCUT2D eigenvalue weighted by molar-refractivity contribution is -0.135. The Labute approximate surface area is 145 Å². The Morgan fingerprint density at radius 1 is 1.23 bits per heavy atom. The molecule has 0 fully saturated rings. The number of carboxylic acids is 1. The lowest BCUT2D eigenvalue weighted by Gasteiger charge is -2.05. The van der Waals surface area contributed by atoms with Gasteiger partial charge in [0.1, 0.15) is 23.8 Å². The van der Waals surface area contributed by atoms with Crippen LogP contribution in [0.2, 0.25) is 0 Å². The lowest BCUT2D eigenvalue weighted by Crippen LogP contribution is -2.29. The van der Waals surface area contributed by atoms with E-state index in [2.05, 4.69) is 15.5 Å². The van der Waals surface area contributed by atoms with Crippen molar-refractivity contribution in [1.82, 2.24) is 15.5 Å². The van der Waals surface area contributed by atoms with Gasteiger partial charge in [0, 0.05) is 23.4 Å². The smallest absolute Gasteiger partial charge is 0.322 e. The summed E-state index contributed by atoms with van der Waals surface area (Å²) in [6, 6.07) is 8.73. The summed E-state index contributed by atoms with van der Waals surface area (Å²) in [7, 11) is 0. The number of carbonyl (C=O) groups excluding carboxylic acids is 1. The number of hydrogen-bond acceptors (Lipinski definition) is 6. The third-order valence-electron chi connectivity index (χ3n) is 3.43. The van der Waals surface area contributed by atoms with Crippen molar-refractivity contribution in [1.29, 1.82) is 0 Å². The van der Waals surface area contributed by atoms with Crippen molar-refractivity contribution in [3.05, 3.63) is 54.1 Å². The SMILES string of the molecule is O=C(O)CNC(=O)c1ncc(-c2cc(-c3ccccc3F)no2)cc1O. The Morgan fingerprint density at radius 2 is 2.00 bits per heavy atom. The predicted molar refractivity (Wildman–Crippen MR) is 86.8 cm³/mol. The van der Waals surface area contributed by atoms with E-state index in [1.807, 2.05) is 0 Å². The van der Waals surface area contributed by atoms with E-state index in [1.165, 1.54) is 24.4 Å². The summed E-state index contributed by atoms with van der Waals surface area (Å²) in [6.45, 7) is -0.601. The first-order valence-corrected chi connectivity index (χ1v) is 7.36. The maximum Gasteiger partial charge on any atom is 0.322 e. The number of benzene rings is 1. The molecule has 1 aromatic carbocycles. The lowest BCUT2D eigenvalue weighted by atomic mass is 10.1. The zero-order chi connectivity index (χ0) is 18.7. The zero-order valence-corrected chi connectivity index (χ0v) is 13.1. The fourth-order valence-corrected chi connectivity index (χ4v) is 2.21. The molecule has 3 rings (SSSR count). The average Bonchev–Trinajstić information content (AvgIpc) is 3.10. The number of rotatable bonds is 5. The molecule has 1 amide bonds. The molecule has 26 heavy (non-hydrogen) atoms. The number of carbonyl (C=O) groups is 2. The summed E-state index contributed by atoms with van der Waals surface area (Å²) in [4.78, 5) is 26.0. The van der Waals surface area contributed by atoms with E-state index in [0.29, 0.717) is 5.56 Å². The molecule has 9 heteroatoms. The standard InChI is InChI=1S/C17H12FN3O5/c18-11-4-2-1-3-10(11)12-6-14(26-21-12)9-5-13(22)16(19-7-9)17(25)20-8-15(23)24/h1-7,22H,8H2,(H,20,25)(H,23,24). The fourth-order valence-electron chi connectivity index (χ4n) is 2.21. The van der Waals surface area contributed by atoms with Crippen LogP contribution < -0.4 is 5.32 Å². The minimum Gasteiger partial charge on any atom is -0.505 e. The van der Waals surface area contributed by atoms with E-state index in [4.69, 9.17) is 9.63 Å². The van der Waals surface area contributed by atoms with Gasteiger partial charge in [0.15, 0.2) is 11.5 Å². The fraction of sp³-hybridized carbons (Fsp3) is 0.0588. The van der Waals surface area contributed by atoms with Crippen LogP contribution in [0.5, 0.6) is 5.75 Å². The van der Waals surface area contributed by atoms with Crippen molar-refractivity contribution in [3.63, 3.8) is 0 Å². The van der Waals surface area contributed by atoms with Crippen LogP contribution in [0.15, 0.2) is 47.1 Å². The first-order chi connectivity index (χ1) is 12.5. The molecule has 3 aromatic rings. The molecule has 0 aliphatic rings. The van der Waals surface area contributed by atoms with Gasteiger partial charge in [-0.3, -0.25) is 9.59 Å². The zero-order valence-electron chi connectivity index (χ0n) is 13.1. The molecule has 0 atom stereocenters. The average molecular weight is 357 g/mol. The van der Waals surface area contributed by atoms with Gasteiger partial charge in [0.2, 0.25) is 0 Å². The second kappa shape index (κ2) is 7.01. The maximum atomic E-state index is 13.8. The molecule has 0 spiro atoms. The van der Waals surface area contributed by atoms with Gasteiger partial charge in [-0.15, -0.1) is 0 Å². The summed E-state index contributed by atoms with van der Waals surface area (Å²) in [5, 5.41) is 24.4. The molecule has 2 heterocycles. The first-order valence-electron chi connectivity index (χ1n) is 7.36. The highest BCUT2D eigenvalue weighted by Crippen LogP contribution is 2.29. The van der Waals surface area contributed by atoms with Crippen LogP contribution >= 0.6 is 0 Å².